The summed E-state index contributed by atoms with van der Waals surface area (Å²) in [4.78, 5) is 11.7. The minimum Gasteiger partial charge on any atom is -0.481 e. The van der Waals surface area contributed by atoms with Crippen LogP contribution in [0.2, 0.25) is 5.02 Å². The van der Waals surface area contributed by atoms with Crippen molar-refractivity contribution in [1.29, 1.82) is 0 Å². The third-order valence-corrected chi connectivity index (χ3v) is 3.55. The van der Waals surface area contributed by atoms with E-state index in [9.17, 15) is 9.90 Å². The SMILES string of the molecule is CNC(c1ccc(Cl)cc1)C(C(=O)O)c1ccccc1. The Morgan fingerprint density at radius 2 is 1.65 bits per heavy atom. The third kappa shape index (κ3) is 3.18. The zero-order chi connectivity index (χ0) is 14.5. The van der Waals surface area contributed by atoms with Crippen LogP contribution in [0.4, 0.5) is 0 Å². The highest BCUT2D eigenvalue weighted by Crippen LogP contribution is 2.31. The number of halogens is 1. The van der Waals surface area contributed by atoms with Gasteiger partial charge in [0.05, 0.1) is 0 Å². The summed E-state index contributed by atoms with van der Waals surface area (Å²) >= 11 is 5.88. The van der Waals surface area contributed by atoms with E-state index in [1.807, 2.05) is 42.5 Å². The molecule has 4 heteroatoms. The van der Waals surface area contributed by atoms with Gasteiger partial charge in [0.2, 0.25) is 0 Å². The summed E-state index contributed by atoms with van der Waals surface area (Å²) in [6, 6.07) is 16.2. The lowest BCUT2D eigenvalue weighted by molar-refractivity contribution is -0.139. The maximum atomic E-state index is 11.7. The summed E-state index contributed by atoms with van der Waals surface area (Å²) in [7, 11) is 1.76. The first-order chi connectivity index (χ1) is 9.63. The molecule has 104 valence electrons. The predicted octanol–water partition coefficient (Wildman–Crippen LogP) is 3.47. The number of carboxylic acids is 1. The quantitative estimate of drug-likeness (QED) is 0.886. The molecule has 2 aromatic carbocycles. The van der Waals surface area contributed by atoms with Gasteiger partial charge in [-0.1, -0.05) is 54.1 Å². The van der Waals surface area contributed by atoms with E-state index in [1.165, 1.54) is 0 Å². The number of hydrogen-bond donors (Lipinski definition) is 2. The Kier molecular flexibility index (Phi) is 4.77. The van der Waals surface area contributed by atoms with Crippen LogP contribution in [-0.2, 0) is 4.79 Å². The number of benzene rings is 2. The second-order valence-electron chi connectivity index (χ2n) is 4.54. The number of aliphatic carboxylic acids is 1. The summed E-state index contributed by atoms with van der Waals surface area (Å²) in [5.41, 5.74) is 1.67. The van der Waals surface area contributed by atoms with E-state index in [-0.39, 0.29) is 6.04 Å². The number of carbonyl (C=O) groups is 1. The van der Waals surface area contributed by atoms with Gasteiger partial charge in [0.25, 0.3) is 0 Å². The van der Waals surface area contributed by atoms with Crippen LogP contribution in [-0.4, -0.2) is 18.1 Å². The average Bonchev–Trinajstić information content (AvgIpc) is 2.46. The molecule has 0 saturated heterocycles. The van der Waals surface area contributed by atoms with Crippen LogP contribution in [0.15, 0.2) is 54.6 Å². The standard InChI is InChI=1S/C16H16ClNO2/c1-18-15(12-7-9-13(17)10-8-12)14(16(19)20)11-5-3-2-4-6-11/h2-10,14-15,18H,1H3,(H,19,20). The van der Waals surface area contributed by atoms with Gasteiger partial charge in [-0.2, -0.15) is 0 Å². The molecule has 2 rings (SSSR count). The van der Waals surface area contributed by atoms with Gasteiger partial charge in [0.1, 0.15) is 5.92 Å². The van der Waals surface area contributed by atoms with E-state index in [0.29, 0.717) is 5.02 Å². The van der Waals surface area contributed by atoms with E-state index < -0.39 is 11.9 Å². The molecule has 20 heavy (non-hydrogen) atoms. The minimum atomic E-state index is -0.856. The molecule has 0 aromatic heterocycles. The zero-order valence-electron chi connectivity index (χ0n) is 11.1. The van der Waals surface area contributed by atoms with Gasteiger partial charge in [-0.3, -0.25) is 4.79 Å². The minimum absolute atomic E-state index is 0.313. The summed E-state index contributed by atoms with van der Waals surface area (Å²) in [5, 5.41) is 13.3. The van der Waals surface area contributed by atoms with Crippen molar-refractivity contribution in [2.24, 2.45) is 0 Å². The van der Waals surface area contributed by atoms with E-state index in [0.717, 1.165) is 11.1 Å². The lowest BCUT2D eigenvalue weighted by Gasteiger charge is -2.24. The lowest BCUT2D eigenvalue weighted by atomic mass is 9.87. The number of carboxylic acid groups (broad SMARTS) is 1. The fourth-order valence-corrected chi connectivity index (χ4v) is 2.46. The molecule has 0 fully saturated rings. The fourth-order valence-electron chi connectivity index (χ4n) is 2.33. The smallest absolute Gasteiger partial charge is 0.312 e. The monoisotopic (exact) mass is 289 g/mol. The summed E-state index contributed by atoms with van der Waals surface area (Å²) < 4.78 is 0. The molecule has 0 saturated carbocycles. The van der Waals surface area contributed by atoms with Crippen molar-refractivity contribution in [3.63, 3.8) is 0 Å². The topological polar surface area (TPSA) is 49.3 Å². The van der Waals surface area contributed by atoms with Crippen LogP contribution in [0, 0.1) is 0 Å². The van der Waals surface area contributed by atoms with Gasteiger partial charge in [-0.15, -0.1) is 0 Å². The Morgan fingerprint density at radius 1 is 1.05 bits per heavy atom. The molecule has 2 atom stereocenters. The first-order valence-electron chi connectivity index (χ1n) is 6.34. The maximum absolute atomic E-state index is 11.7. The van der Waals surface area contributed by atoms with Crippen molar-refractivity contribution in [3.05, 3.63) is 70.7 Å². The molecule has 0 aliphatic heterocycles. The van der Waals surface area contributed by atoms with Gasteiger partial charge in [0, 0.05) is 11.1 Å². The van der Waals surface area contributed by atoms with Crippen LogP contribution in [0.5, 0.6) is 0 Å². The molecule has 0 heterocycles. The number of hydrogen-bond acceptors (Lipinski definition) is 2. The molecular formula is C16H16ClNO2. The first-order valence-corrected chi connectivity index (χ1v) is 6.71. The normalized spacial score (nSPS) is 13.7. The first kappa shape index (κ1) is 14.6. The van der Waals surface area contributed by atoms with Crippen molar-refractivity contribution < 1.29 is 9.90 Å². The number of likely N-dealkylation sites (N-methyl/N-ethyl adjacent to an activating group) is 1. The Labute approximate surface area is 123 Å². The second kappa shape index (κ2) is 6.55. The average molecular weight is 290 g/mol. The maximum Gasteiger partial charge on any atom is 0.312 e. The van der Waals surface area contributed by atoms with Gasteiger partial charge >= 0.3 is 5.97 Å². The molecular weight excluding hydrogens is 274 g/mol. The van der Waals surface area contributed by atoms with Crippen LogP contribution in [0.1, 0.15) is 23.1 Å². The van der Waals surface area contributed by atoms with Gasteiger partial charge < -0.3 is 10.4 Å². The number of rotatable bonds is 5. The molecule has 0 spiro atoms. The Morgan fingerprint density at radius 3 is 2.15 bits per heavy atom. The molecule has 0 aliphatic carbocycles. The van der Waals surface area contributed by atoms with Crippen LogP contribution < -0.4 is 5.32 Å². The highest BCUT2D eigenvalue weighted by Gasteiger charge is 2.29. The molecule has 2 N–H and O–H groups in total. The Bertz CT molecular complexity index is 569. The van der Waals surface area contributed by atoms with Crippen LogP contribution >= 0.6 is 11.6 Å². The zero-order valence-corrected chi connectivity index (χ0v) is 11.8. The number of nitrogens with one attached hydrogen (secondary N) is 1. The second-order valence-corrected chi connectivity index (χ2v) is 4.98. The lowest BCUT2D eigenvalue weighted by Crippen LogP contribution is -2.29. The van der Waals surface area contributed by atoms with E-state index in [1.54, 1.807) is 19.2 Å². The summed E-state index contributed by atoms with van der Waals surface area (Å²) in [6.07, 6.45) is 0. The van der Waals surface area contributed by atoms with Crippen molar-refractivity contribution in [2.75, 3.05) is 7.05 Å². The largest absolute Gasteiger partial charge is 0.481 e. The molecule has 0 aliphatic rings. The molecule has 0 amide bonds. The Hall–Kier alpha value is -1.84. The molecule has 0 bridgehead atoms. The van der Waals surface area contributed by atoms with Gasteiger partial charge in [-0.05, 0) is 30.3 Å². The highest BCUT2D eigenvalue weighted by molar-refractivity contribution is 6.30. The van der Waals surface area contributed by atoms with E-state index in [4.69, 9.17) is 11.6 Å². The molecule has 2 unspecified atom stereocenters. The highest BCUT2D eigenvalue weighted by atomic mass is 35.5. The van der Waals surface area contributed by atoms with Crippen molar-refractivity contribution >= 4 is 17.6 Å². The van der Waals surface area contributed by atoms with E-state index in [2.05, 4.69) is 5.32 Å². The molecule has 3 nitrogen and oxygen atoms in total. The molecule has 0 radical (unpaired) electrons. The van der Waals surface area contributed by atoms with Crippen molar-refractivity contribution in [1.82, 2.24) is 5.32 Å². The van der Waals surface area contributed by atoms with Crippen molar-refractivity contribution in [3.8, 4) is 0 Å². The van der Waals surface area contributed by atoms with Crippen molar-refractivity contribution in [2.45, 2.75) is 12.0 Å². The van der Waals surface area contributed by atoms with Crippen LogP contribution in [0.25, 0.3) is 0 Å². The van der Waals surface area contributed by atoms with Gasteiger partial charge in [0.15, 0.2) is 0 Å². The molecule has 2 aromatic rings. The van der Waals surface area contributed by atoms with Crippen LogP contribution in [0.3, 0.4) is 0 Å². The van der Waals surface area contributed by atoms with Gasteiger partial charge in [-0.25, -0.2) is 0 Å². The Balaban J connectivity index is 2.41. The summed E-state index contributed by atoms with van der Waals surface area (Å²) in [5.74, 6) is -1.51. The van der Waals surface area contributed by atoms with E-state index >= 15 is 0 Å². The summed E-state index contributed by atoms with van der Waals surface area (Å²) in [6.45, 7) is 0. The fraction of sp³-hybridized carbons (Fsp3) is 0.188. The predicted molar refractivity (Wildman–Crippen MR) is 80.1 cm³/mol. The third-order valence-electron chi connectivity index (χ3n) is 3.30.